The Bertz CT molecular complexity index is 468. The minimum absolute atomic E-state index is 0.212. The second-order valence-corrected chi connectivity index (χ2v) is 3.94. The van der Waals surface area contributed by atoms with Crippen LogP contribution in [0.25, 0.3) is 5.65 Å². The van der Waals surface area contributed by atoms with Crippen LogP contribution in [0, 0.1) is 5.92 Å². The van der Waals surface area contributed by atoms with Crippen molar-refractivity contribution >= 4 is 11.5 Å². The molecule has 2 heterocycles. The molecule has 0 amide bonds. The van der Waals surface area contributed by atoms with E-state index in [2.05, 4.69) is 25.9 Å². The smallest absolute Gasteiger partial charge is 0.200 e. The van der Waals surface area contributed by atoms with Crippen LogP contribution in [-0.2, 0) is 0 Å². The Morgan fingerprint density at radius 3 is 3.00 bits per heavy atom. The lowest BCUT2D eigenvalue weighted by Gasteiger charge is -2.14. The maximum atomic E-state index is 9.62. The number of hydrogen-bond acceptors (Lipinski definition) is 6. The normalized spacial score (nSPS) is 13.2. The minimum Gasteiger partial charge on any atom is -0.391 e. The van der Waals surface area contributed by atoms with E-state index in [1.54, 1.807) is 12.1 Å². The molecule has 2 rings (SSSR count). The Morgan fingerprint density at radius 1 is 1.44 bits per heavy atom. The van der Waals surface area contributed by atoms with Crippen molar-refractivity contribution in [3.63, 3.8) is 0 Å². The van der Waals surface area contributed by atoms with Crippen LogP contribution in [0.2, 0.25) is 0 Å². The molecule has 86 valence electrons. The first-order chi connectivity index (χ1) is 7.66. The van der Waals surface area contributed by atoms with Crippen LogP contribution in [0.4, 0.5) is 5.82 Å². The third-order valence-electron chi connectivity index (χ3n) is 2.33. The highest BCUT2D eigenvalue weighted by Crippen LogP contribution is 2.05. The Hall–Kier alpha value is -1.76. The molecule has 0 bridgehead atoms. The van der Waals surface area contributed by atoms with Gasteiger partial charge in [-0.1, -0.05) is 13.8 Å². The zero-order valence-corrected chi connectivity index (χ0v) is 9.20. The van der Waals surface area contributed by atoms with Crippen molar-refractivity contribution in [3.05, 3.63) is 12.1 Å². The summed E-state index contributed by atoms with van der Waals surface area (Å²) in [5, 5.41) is 27.7. The summed E-state index contributed by atoms with van der Waals surface area (Å²) in [6.45, 7) is 4.38. The Kier molecular flexibility index (Phi) is 2.95. The van der Waals surface area contributed by atoms with Gasteiger partial charge in [0.25, 0.3) is 0 Å². The highest BCUT2D eigenvalue weighted by atomic mass is 16.3. The van der Waals surface area contributed by atoms with Crippen molar-refractivity contribution in [1.82, 2.24) is 25.3 Å². The minimum atomic E-state index is -0.397. The van der Waals surface area contributed by atoms with Gasteiger partial charge in [-0.05, 0) is 28.5 Å². The topological polar surface area (TPSA) is 88.2 Å². The van der Waals surface area contributed by atoms with E-state index >= 15 is 0 Å². The fourth-order valence-corrected chi connectivity index (χ4v) is 1.19. The van der Waals surface area contributed by atoms with Gasteiger partial charge < -0.3 is 10.4 Å². The van der Waals surface area contributed by atoms with Crippen molar-refractivity contribution in [2.75, 3.05) is 11.9 Å². The molecule has 2 aromatic heterocycles. The van der Waals surface area contributed by atoms with E-state index in [0.717, 1.165) is 0 Å². The summed E-state index contributed by atoms with van der Waals surface area (Å²) in [6, 6.07) is 3.54. The van der Waals surface area contributed by atoms with Crippen LogP contribution in [0.15, 0.2) is 12.1 Å². The number of aromatic nitrogens is 5. The summed E-state index contributed by atoms with van der Waals surface area (Å²) in [5.41, 5.74) is 0.593. The van der Waals surface area contributed by atoms with Crippen LogP contribution in [0.5, 0.6) is 0 Å². The molecular formula is C9H14N6O. The lowest BCUT2D eigenvalue weighted by atomic mass is 10.1. The summed E-state index contributed by atoms with van der Waals surface area (Å²) >= 11 is 0. The van der Waals surface area contributed by atoms with E-state index in [4.69, 9.17) is 0 Å². The average molecular weight is 222 g/mol. The summed E-state index contributed by atoms with van der Waals surface area (Å²) in [4.78, 5) is 0. The summed E-state index contributed by atoms with van der Waals surface area (Å²) in [7, 11) is 0. The van der Waals surface area contributed by atoms with Gasteiger partial charge in [0.15, 0.2) is 5.65 Å². The molecular weight excluding hydrogens is 208 g/mol. The number of aliphatic hydroxyl groups excluding tert-OH is 1. The lowest BCUT2D eigenvalue weighted by Crippen LogP contribution is -2.25. The van der Waals surface area contributed by atoms with E-state index in [-0.39, 0.29) is 5.92 Å². The summed E-state index contributed by atoms with van der Waals surface area (Å²) in [6.07, 6.45) is -0.397. The third kappa shape index (κ3) is 2.25. The molecule has 0 radical (unpaired) electrons. The molecule has 0 aliphatic rings. The molecule has 1 atom stereocenters. The zero-order chi connectivity index (χ0) is 11.5. The molecule has 0 fully saturated rings. The number of tetrazole rings is 1. The number of hydrogen-bond donors (Lipinski definition) is 2. The van der Waals surface area contributed by atoms with E-state index in [9.17, 15) is 5.11 Å². The van der Waals surface area contributed by atoms with Crippen molar-refractivity contribution in [3.8, 4) is 0 Å². The van der Waals surface area contributed by atoms with Crippen LogP contribution in [0.3, 0.4) is 0 Å². The van der Waals surface area contributed by atoms with Crippen molar-refractivity contribution in [2.24, 2.45) is 5.92 Å². The maximum Gasteiger partial charge on any atom is 0.200 e. The molecule has 0 spiro atoms. The van der Waals surface area contributed by atoms with Gasteiger partial charge in [0.05, 0.1) is 6.10 Å². The Balaban J connectivity index is 2.04. The van der Waals surface area contributed by atoms with Gasteiger partial charge in [0.2, 0.25) is 0 Å². The largest absolute Gasteiger partial charge is 0.391 e. The first kappa shape index (κ1) is 10.7. The van der Waals surface area contributed by atoms with E-state index in [0.29, 0.717) is 18.0 Å². The predicted molar refractivity (Wildman–Crippen MR) is 57.9 cm³/mol. The molecule has 0 aliphatic carbocycles. The SMILES string of the molecule is CC(C)C(O)CNc1ccc2nnnn2n1. The zero-order valence-electron chi connectivity index (χ0n) is 9.20. The Morgan fingerprint density at radius 2 is 2.25 bits per heavy atom. The second-order valence-electron chi connectivity index (χ2n) is 3.94. The number of nitrogens with zero attached hydrogens (tertiary/aromatic N) is 5. The van der Waals surface area contributed by atoms with Crippen molar-refractivity contribution in [1.29, 1.82) is 0 Å². The predicted octanol–water partition coefficient (Wildman–Crippen LogP) is -0.0519. The van der Waals surface area contributed by atoms with Gasteiger partial charge in [0, 0.05) is 6.54 Å². The third-order valence-corrected chi connectivity index (χ3v) is 2.33. The fraction of sp³-hybridized carbons (Fsp3) is 0.556. The van der Waals surface area contributed by atoms with Crippen LogP contribution >= 0.6 is 0 Å². The molecule has 0 saturated carbocycles. The van der Waals surface area contributed by atoms with Gasteiger partial charge in [-0.2, -0.15) is 0 Å². The van der Waals surface area contributed by atoms with E-state index in [1.807, 2.05) is 13.8 Å². The molecule has 1 unspecified atom stereocenters. The average Bonchev–Trinajstić information content (AvgIpc) is 2.72. The first-order valence-corrected chi connectivity index (χ1v) is 5.14. The van der Waals surface area contributed by atoms with Crippen LogP contribution in [0.1, 0.15) is 13.8 Å². The van der Waals surface area contributed by atoms with Crippen LogP contribution < -0.4 is 5.32 Å². The highest BCUT2D eigenvalue weighted by molar-refractivity contribution is 5.42. The van der Waals surface area contributed by atoms with Crippen molar-refractivity contribution in [2.45, 2.75) is 20.0 Å². The van der Waals surface area contributed by atoms with Crippen molar-refractivity contribution < 1.29 is 5.11 Å². The Labute approximate surface area is 92.5 Å². The molecule has 0 saturated heterocycles. The summed E-state index contributed by atoms with van der Waals surface area (Å²) < 4.78 is 1.34. The van der Waals surface area contributed by atoms with Gasteiger partial charge in [-0.25, -0.2) is 0 Å². The number of rotatable bonds is 4. The van der Waals surface area contributed by atoms with E-state index in [1.165, 1.54) is 4.63 Å². The number of nitrogens with one attached hydrogen (secondary N) is 1. The van der Waals surface area contributed by atoms with Crippen LogP contribution in [-0.4, -0.2) is 43.0 Å². The van der Waals surface area contributed by atoms with Gasteiger partial charge in [-0.3, -0.25) is 0 Å². The highest BCUT2D eigenvalue weighted by Gasteiger charge is 2.09. The quantitative estimate of drug-likeness (QED) is 0.754. The monoisotopic (exact) mass is 222 g/mol. The number of anilines is 1. The molecule has 2 aromatic rings. The number of aliphatic hydroxyl groups is 1. The summed E-state index contributed by atoms with van der Waals surface area (Å²) in [5.74, 6) is 0.851. The van der Waals surface area contributed by atoms with Gasteiger partial charge >= 0.3 is 0 Å². The standard InChI is InChI=1S/C9H14N6O/c1-6(2)7(16)5-10-8-3-4-9-11-13-14-15(9)12-8/h3-4,6-7,16H,5H2,1-2H3,(H,10,12). The fourth-order valence-electron chi connectivity index (χ4n) is 1.19. The molecule has 2 N–H and O–H groups in total. The van der Waals surface area contributed by atoms with Gasteiger partial charge in [-0.15, -0.1) is 14.8 Å². The first-order valence-electron chi connectivity index (χ1n) is 5.14. The van der Waals surface area contributed by atoms with E-state index < -0.39 is 6.10 Å². The lowest BCUT2D eigenvalue weighted by molar-refractivity contribution is 0.138. The second kappa shape index (κ2) is 4.40. The molecule has 16 heavy (non-hydrogen) atoms. The molecule has 7 heteroatoms. The molecule has 0 aliphatic heterocycles. The van der Waals surface area contributed by atoms with Gasteiger partial charge in [0.1, 0.15) is 5.82 Å². The molecule has 0 aromatic carbocycles. The maximum absolute atomic E-state index is 9.62. The molecule has 7 nitrogen and oxygen atoms in total. The number of fused-ring (bicyclic) bond motifs is 1.